The smallest absolute Gasteiger partial charge is 0.306 e. The third kappa shape index (κ3) is 6.20. The molecule has 0 bridgehead atoms. The van der Waals surface area contributed by atoms with E-state index in [-0.39, 0.29) is 30.3 Å². The fourth-order valence-corrected chi connectivity index (χ4v) is 3.42. The summed E-state index contributed by atoms with van der Waals surface area (Å²) in [5, 5.41) is 0.629. The van der Waals surface area contributed by atoms with E-state index in [0.717, 1.165) is 5.56 Å². The number of nitrogens with zero attached hydrogens (tertiary/aromatic N) is 2. The molecular weight excluding hydrogens is 392 g/mol. The molecule has 0 fully saturated rings. The molecule has 0 radical (unpaired) electrons. The van der Waals surface area contributed by atoms with Crippen molar-refractivity contribution < 1.29 is 19.0 Å². The van der Waals surface area contributed by atoms with Crippen LogP contribution in [0, 0.1) is 5.92 Å². The molecule has 0 unspecified atom stereocenters. The van der Waals surface area contributed by atoms with Gasteiger partial charge >= 0.3 is 5.97 Å². The van der Waals surface area contributed by atoms with E-state index >= 15 is 0 Å². The molecular formula is C22H31ClN2O4. The van der Waals surface area contributed by atoms with E-state index in [0.29, 0.717) is 36.6 Å². The van der Waals surface area contributed by atoms with E-state index < -0.39 is 6.04 Å². The summed E-state index contributed by atoms with van der Waals surface area (Å²) in [6.07, 6.45) is 0.154. The van der Waals surface area contributed by atoms with Crippen molar-refractivity contribution in [2.45, 2.75) is 59.0 Å². The van der Waals surface area contributed by atoms with Gasteiger partial charge in [-0.2, -0.15) is 0 Å². The molecule has 0 saturated heterocycles. The van der Waals surface area contributed by atoms with Gasteiger partial charge in [0, 0.05) is 10.9 Å². The quantitative estimate of drug-likeness (QED) is 0.571. The second-order valence-corrected chi connectivity index (χ2v) is 7.54. The first-order valence-corrected chi connectivity index (χ1v) is 10.6. The normalized spacial score (nSPS) is 20.0. The number of rotatable bonds is 8. The van der Waals surface area contributed by atoms with Crippen molar-refractivity contribution in [1.29, 1.82) is 0 Å². The lowest BCUT2D eigenvalue weighted by Gasteiger charge is -2.32. The summed E-state index contributed by atoms with van der Waals surface area (Å²) in [6, 6.07) is 6.73. The van der Waals surface area contributed by atoms with Gasteiger partial charge in [0.2, 0.25) is 11.8 Å². The Labute approximate surface area is 178 Å². The summed E-state index contributed by atoms with van der Waals surface area (Å²) in [4.78, 5) is 22.1. The van der Waals surface area contributed by atoms with E-state index in [2.05, 4.69) is 13.8 Å². The number of hydrogen-bond acceptors (Lipinski definition) is 6. The largest absolute Gasteiger partial charge is 0.480 e. The predicted molar refractivity (Wildman–Crippen MR) is 116 cm³/mol. The average Bonchev–Trinajstić information content (AvgIpc) is 2.68. The topological polar surface area (TPSA) is 69.5 Å². The van der Waals surface area contributed by atoms with Crippen LogP contribution in [0.25, 0.3) is 0 Å². The molecule has 6 nitrogen and oxygen atoms in total. The van der Waals surface area contributed by atoms with Crippen molar-refractivity contribution >= 4 is 29.4 Å². The van der Waals surface area contributed by atoms with E-state index in [4.69, 9.17) is 35.8 Å². The summed E-state index contributed by atoms with van der Waals surface area (Å²) in [7, 11) is 0. The molecule has 160 valence electrons. The number of halogens is 1. The van der Waals surface area contributed by atoms with Crippen LogP contribution in [0.4, 0.5) is 0 Å². The zero-order valence-corrected chi connectivity index (χ0v) is 18.6. The minimum atomic E-state index is -0.475. The second-order valence-electron chi connectivity index (χ2n) is 7.10. The maximum atomic E-state index is 12.4. The highest BCUT2D eigenvalue weighted by Gasteiger charge is 2.37. The van der Waals surface area contributed by atoms with Crippen LogP contribution in [-0.2, 0) is 19.0 Å². The highest BCUT2D eigenvalue weighted by Crippen LogP contribution is 2.32. The number of aliphatic imine (C=N–C) groups is 2. The summed E-state index contributed by atoms with van der Waals surface area (Å²) < 4.78 is 16.9. The third-order valence-corrected chi connectivity index (χ3v) is 4.88. The van der Waals surface area contributed by atoms with E-state index in [1.165, 1.54) is 0 Å². The van der Waals surface area contributed by atoms with Gasteiger partial charge in [0.15, 0.2) is 0 Å². The molecule has 1 aliphatic heterocycles. The van der Waals surface area contributed by atoms with Crippen molar-refractivity contribution in [2.24, 2.45) is 15.9 Å². The van der Waals surface area contributed by atoms with Crippen molar-refractivity contribution in [3.8, 4) is 0 Å². The van der Waals surface area contributed by atoms with Gasteiger partial charge in [-0.15, -0.1) is 0 Å². The van der Waals surface area contributed by atoms with Crippen LogP contribution in [0.3, 0.4) is 0 Å². The number of ether oxygens (including phenoxy) is 3. The first-order chi connectivity index (χ1) is 13.9. The molecule has 2 rings (SSSR count). The highest BCUT2D eigenvalue weighted by atomic mass is 35.5. The second kappa shape index (κ2) is 11.2. The Morgan fingerprint density at radius 2 is 1.52 bits per heavy atom. The zero-order valence-electron chi connectivity index (χ0n) is 17.9. The SMILES string of the molecule is CCOC(=O)C[C@H](c1ccc(Cl)cc1)[C@H]1N=C(OCC)[C@H](C(C)C)N=C1OCC. The Kier molecular flexibility index (Phi) is 8.96. The Morgan fingerprint density at radius 1 is 0.966 bits per heavy atom. The third-order valence-electron chi connectivity index (χ3n) is 4.63. The molecule has 0 aliphatic carbocycles. The molecule has 0 N–H and O–H groups in total. The summed E-state index contributed by atoms with van der Waals surface area (Å²) in [5.74, 6) is 0.719. The van der Waals surface area contributed by atoms with Gasteiger partial charge < -0.3 is 14.2 Å². The average molecular weight is 423 g/mol. The van der Waals surface area contributed by atoms with Gasteiger partial charge in [-0.1, -0.05) is 37.6 Å². The summed E-state index contributed by atoms with van der Waals surface area (Å²) in [6.45, 7) is 11.1. The minimum absolute atomic E-state index is 0.154. The fourth-order valence-electron chi connectivity index (χ4n) is 3.30. The molecule has 0 amide bonds. The lowest BCUT2D eigenvalue weighted by molar-refractivity contribution is -0.143. The van der Waals surface area contributed by atoms with Crippen LogP contribution >= 0.6 is 11.6 Å². The maximum Gasteiger partial charge on any atom is 0.306 e. The van der Waals surface area contributed by atoms with E-state index in [9.17, 15) is 4.79 Å². The van der Waals surface area contributed by atoms with Gasteiger partial charge in [0.05, 0.1) is 26.2 Å². The van der Waals surface area contributed by atoms with Crippen LogP contribution in [-0.4, -0.2) is 49.7 Å². The molecule has 1 heterocycles. The van der Waals surface area contributed by atoms with Gasteiger partial charge in [0.1, 0.15) is 12.1 Å². The minimum Gasteiger partial charge on any atom is -0.480 e. The van der Waals surface area contributed by atoms with E-state index in [1.807, 2.05) is 26.0 Å². The van der Waals surface area contributed by atoms with Gasteiger partial charge in [-0.25, -0.2) is 9.98 Å². The van der Waals surface area contributed by atoms with Gasteiger partial charge in [-0.05, 0) is 44.4 Å². The van der Waals surface area contributed by atoms with Crippen LogP contribution in [0.5, 0.6) is 0 Å². The van der Waals surface area contributed by atoms with Crippen LogP contribution in [0.1, 0.15) is 52.5 Å². The molecule has 1 aromatic rings. The van der Waals surface area contributed by atoms with Crippen molar-refractivity contribution in [2.75, 3.05) is 19.8 Å². The molecule has 0 aromatic heterocycles. The molecule has 29 heavy (non-hydrogen) atoms. The first kappa shape index (κ1) is 23.2. The maximum absolute atomic E-state index is 12.4. The lowest BCUT2D eigenvalue weighted by atomic mass is 9.87. The Balaban J connectivity index is 2.49. The van der Waals surface area contributed by atoms with Crippen molar-refractivity contribution in [1.82, 2.24) is 0 Å². The molecule has 1 aliphatic rings. The van der Waals surface area contributed by atoms with Crippen LogP contribution in [0.2, 0.25) is 5.02 Å². The summed E-state index contributed by atoms with van der Waals surface area (Å²) in [5.41, 5.74) is 0.919. The summed E-state index contributed by atoms with van der Waals surface area (Å²) >= 11 is 6.07. The number of esters is 1. The molecule has 7 heteroatoms. The predicted octanol–water partition coefficient (Wildman–Crippen LogP) is 4.65. The van der Waals surface area contributed by atoms with Crippen molar-refractivity contribution in [3.05, 3.63) is 34.9 Å². The Hall–Kier alpha value is -2.08. The van der Waals surface area contributed by atoms with Crippen molar-refractivity contribution in [3.63, 3.8) is 0 Å². The van der Waals surface area contributed by atoms with Crippen LogP contribution < -0.4 is 0 Å². The number of hydrogen-bond donors (Lipinski definition) is 0. The fraction of sp³-hybridized carbons (Fsp3) is 0.591. The highest BCUT2D eigenvalue weighted by molar-refractivity contribution is 6.30. The number of carbonyl (C=O) groups is 1. The molecule has 1 aromatic carbocycles. The Bertz CT molecular complexity index is 731. The lowest BCUT2D eigenvalue weighted by Crippen LogP contribution is -2.41. The monoisotopic (exact) mass is 422 g/mol. The zero-order chi connectivity index (χ0) is 21.4. The van der Waals surface area contributed by atoms with Crippen LogP contribution in [0.15, 0.2) is 34.3 Å². The number of benzene rings is 1. The standard InChI is InChI=1S/C22H31ClN2O4/c1-6-27-18(26)13-17(15-9-11-16(23)12-10-15)20-22(29-8-3)24-19(14(4)5)21(25-20)28-7-2/h9-12,14,17,19-20H,6-8,13H2,1-5H3/t17-,19+,20-/m1/s1. The molecule has 3 atom stereocenters. The van der Waals surface area contributed by atoms with Gasteiger partial charge in [-0.3, -0.25) is 4.79 Å². The van der Waals surface area contributed by atoms with E-state index in [1.54, 1.807) is 19.1 Å². The van der Waals surface area contributed by atoms with Gasteiger partial charge in [0.25, 0.3) is 0 Å². The first-order valence-electron chi connectivity index (χ1n) is 10.2. The number of carbonyl (C=O) groups excluding carboxylic acids is 1. The molecule has 0 saturated carbocycles. The molecule has 0 spiro atoms. The Morgan fingerprint density at radius 3 is 2.03 bits per heavy atom.